The Hall–Kier alpha value is -1.62. The second-order valence-corrected chi connectivity index (χ2v) is 5.30. The molecule has 0 spiro atoms. The first-order valence-corrected chi connectivity index (χ1v) is 7.32. The van der Waals surface area contributed by atoms with E-state index in [1.54, 1.807) is 0 Å². The summed E-state index contributed by atoms with van der Waals surface area (Å²) in [5.41, 5.74) is 1.81. The van der Waals surface area contributed by atoms with Crippen LogP contribution in [0.1, 0.15) is 25.5 Å². The first-order chi connectivity index (χ1) is 9.60. The van der Waals surface area contributed by atoms with E-state index in [4.69, 9.17) is 17.0 Å². The van der Waals surface area contributed by atoms with Crippen LogP contribution in [0.3, 0.4) is 0 Å². The molecule has 0 fully saturated rings. The smallest absolute Gasteiger partial charge is 0.213 e. The second kappa shape index (κ2) is 6.70. The van der Waals surface area contributed by atoms with E-state index in [0.29, 0.717) is 11.0 Å². The molecule has 0 atom stereocenters. The molecule has 0 saturated carbocycles. The van der Waals surface area contributed by atoms with Gasteiger partial charge in [-0.15, -0.1) is 0 Å². The Morgan fingerprint density at radius 1 is 1.45 bits per heavy atom. The Kier molecular flexibility index (Phi) is 4.95. The number of anilines is 1. The standard InChI is InChI=1S/C15H21N3OS/c1-4-18(3)15(20)17-13-9-10-14(16-11(13)2)19-12-7-5-6-8-12/h5-6,9-10,12H,4,7-8H2,1-3H3,(H,17,20). The Labute approximate surface area is 125 Å². The summed E-state index contributed by atoms with van der Waals surface area (Å²) in [6, 6.07) is 3.86. The van der Waals surface area contributed by atoms with Crippen molar-refractivity contribution in [3.05, 3.63) is 30.0 Å². The molecule has 20 heavy (non-hydrogen) atoms. The van der Waals surface area contributed by atoms with E-state index in [1.165, 1.54) is 0 Å². The van der Waals surface area contributed by atoms with Crippen molar-refractivity contribution >= 4 is 23.0 Å². The zero-order chi connectivity index (χ0) is 14.5. The number of ether oxygens (including phenoxy) is 1. The van der Waals surface area contributed by atoms with Crippen molar-refractivity contribution in [3.63, 3.8) is 0 Å². The Morgan fingerprint density at radius 3 is 2.75 bits per heavy atom. The predicted molar refractivity (Wildman–Crippen MR) is 86.3 cm³/mol. The van der Waals surface area contributed by atoms with Crippen molar-refractivity contribution in [1.29, 1.82) is 0 Å². The number of pyridine rings is 1. The summed E-state index contributed by atoms with van der Waals surface area (Å²) in [7, 11) is 1.96. The van der Waals surface area contributed by atoms with E-state index in [-0.39, 0.29) is 6.10 Å². The molecule has 4 nitrogen and oxygen atoms in total. The molecule has 0 radical (unpaired) electrons. The van der Waals surface area contributed by atoms with Crippen molar-refractivity contribution in [2.45, 2.75) is 32.8 Å². The van der Waals surface area contributed by atoms with Crippen LogP contribution in [-0.2, 0) is 0 Å². The van der Waals surface area contributed by atoms with Crippen LogP contribution in [0, 0.1) is 6.92 Å². The molecule has 108 valence electrons. The molecule has 0 amide bonds. The van der Waals surface area contributed by atoms with Gasteiger partial charge in [-0.2, -0.15) is 0 Å². The minimum absolute atomic E-state index is 0.230. The fourth-order valence-corrected chi connectivity index (χ4v) is 2.19. The van der Waals surface area contributed by atoms with Gasteiger partial charge in [0.15, 0.2) is 5.11 Å². The average Bonchev–Trinajstić information content (AvgIpc) is 2.93. The second-order valence-electron chi connectivity index (χ2n) is 4.91. The van der Waals surface area contributed by atoms with E-state index in [0.717, 1.165) is 30.8 Å². The first-order valence-electron chi connectivity index (χ1n) is 6.91. The molecule has 1 heterocycles. The lowest BCUT2D eigenvalue weighted by Crippen LogP contribution is -2.31. The van der Waals surface area contributed by atoms with Crippen LogP contribution in [0.25, 0.3) is 0 Å². The van der Waals surface area contributed by atoms with Crippen LogP contribution in [-0.4, -0.2) is 34.7 Å². The number of thiocarbonyl (C=S) groups is 1. The molecule has 5 heteroatoms. The summed E-state index contributed by atoms with van der Waals surface area (Å²) in [6.45, 7) is 4.89. The fourth-order valence-electron chi connectivity index (χ4n) is 1.95. The van der Waals surface area contributed by atoms with Crippen molar-refractivity contribution in [1.82, 2.24) is 9.88 Å². The minimum Gasteiger partial charge on any atom is -0.474 e. The topological polar surface area (TPSA) is 37.4 Å². The van der Waals surface area contributed by atoms with Crippen LogP contribution in [0.15, 0.2) is 24.3 Å². The largest absolute Gasteiger partial charge is 0.474 e. The van der Waals surface area contributed by atoms with E-state index in [1.807, 2.05) is 31.0 Å². The quantitative estimate of drug-likeness (QED) is 0.681. The lowest BCUT2D eigenvalue weighted by molar-refractivity contribution is 0.207. The van der Waals surface area contributed by atoms with Gasteiger partial charge in [-0.1, -0.05) is 12.2 Å². The van der Waals surface area contributed by atoms with Crippen molar-refractivity contribution in [2.75, 3.05) is 18.9 Å². The molecule has 0 aromatic carbocycles. The SMILES string of the molecule is CCN(C)C(=S)Nc1ccc(OC2CC=CC2)nc1C. The molecule has 1 aromatic heterocycles. The average molecular weight is 291 g/mol. The Morgan fingerprint density at radius 2 is 2.15 bits per heavy atom. The van der Waals surface area contributed by atoms with Crippen molar-refractivity contribution in [2.24, 2.45) is 0 Å². The molecule has 1 aliphatic rings. The third-order valence-corrected chi connectivity index (χ3v) is 3.79. The number of rotatable bonds is 4. The third kappa shape index (κ3) is 3.70. The van der Waals surface area contributed by atoms with Crippen LogP contribution >= 0.6 is 12.2 Å². The fraction of sp³-hybridized carbons (Fsp3) is 0.467. The minimum atomic E-state index is 0.230. The highest BCUT2D eigenvalue weighted by atomic mass is 32.1. The van der Waals surface area contributed by atoms with Gasteiger partial charge in [0.2, 0.25) is 5.88 Å². The van der Waals surface area contributed by atoms with Gasteiger partial charge in [-0.05, 0) is 32.1 Å². The van der Waals surface area contributed by atoms with Gasteiger partial charge < -0.3 is 15.0 Å². The van der Waals surface area contributed by atoms with Crippen LogP contribution in [0.4, 0.5) is 5.69 Å². The lowest BCUT2D eigenvalue weighted by atomic mass is 10.3. The Balaban J connectivity index is 2.00. The summed E-state index contributed by atoms with van der Waals surface area (Å²) in [4.78, 5) is 6.46. The monoisotopic (exact) mass is 291 g/mol. The summed E-state index contributed by atoms with van der Waals surface area (Å²) < 4.78 is 5.84. The maximum Gasteiger partial charge on any atom is 0.213 e. The number of nitrogens with one attached hydrogen (secondary N) is 1. The van der Waals surface area contributed by atoms with E-state index < -0.39 is 0 Å². The molecule has 0 saturated heterocycles. The summed E-state index contributed by atoms with van der Waals surface area (Å²) in [6.07, 6.45) is 6.45. The molecule has 2 rings (SSSR count). The zero-order valence-corrected chi connectivity index (χ0v) is 13.0. The summed E-state index contributed by atoms with van der Waals surface area (Å²) in [5.74, 6) is 0.677. The maximum absolute atomic E-state index is 5.84. The van der Waals surface area contributed by atoms with Crippen LogP contribution < -0.4 is 10.1 Å². The molecular formula is C15H21N3OS. The van der Waals surface area contributed by atoms with Crippen LogP contribution in [0.2, 0.25) is 0 Å². The lowest BCUT2D eigenvalue weighted by Gasteiger charge is -2.20. The highest BCUT2D eigenvalue weighted by molar-refractivity contribution is 7.80. The normalized spacial score (nSPS) is 14.3. The highest BCUT2D eigenvalue weighted by Gasteiger charge is 2.13. The number of aryl methyl sites for hydroxylation is 1. The van der Waals surface area contributed by atoms with Crippen molar-refractivity contribution in [3.8, 4) is 5.88 Å². The molecule has 0 unspecified atom stereocenters. The van der Waals surface area contributed by atoms with Crippen LogP contribution in [0.5, 0.6) is 5.88 Å². The van der Waals surface area contributed by atoms with Gasteiger partial charge in [0.1, 0.15) is 6.10 Å². The molecule has 1 aliphatic carbocycles. The molecule has 1 aromatic rings. The van der Waals surface area contributed by atoms with Gasteiger partial charge in [-0.25, -0.2) is 4.98 Å². The zero-order valence-electron chi connectivity index (χ0n) is 12.2. The van der Waals surface area contributed by atoms with Gasteiger partial charge in [0, 0.05) is 32.5 Å². The van der Waals surface area contributed by atoms with E-state index in [9.17, 15) is 0 Å². The summed E-state index contributed by atoms with van der Waals surface area (Å²) in [5, 5.41) is 3.91. The number of hydrogen-bond donors (Lipinski definition) is 1. The number of nitrogens with zero attached hydrogens (tertiary/aromatic N) is 2. The Bertz CT molecular complexity index is 508. The summed E-state index contributed by atoms with van der Waals surface area (Å²) >= 11 is 5.31. The van der Waals surface area contributed by atoms with Crippen molar-refractivity contribution < 1.29 is 4.74 Å². The first kappa shape index (κ1) is 14.8. The third-order valence-electron chi connectivity index (χ3n) is 3.37. The van der Waals surface area contributed by atoms with E-state index in [2.05, 4.69) is 29.4 Å². The van der Waals surface area contributed by atoms with Gasteiger partial charge in [0.25, 0.3) is 0 Å². The maximum atomic E-state index is 5.84. The predicted octanol–water partition coefficient (Wildman–Crippen LogP) is 3.14. The molecular weight excluding hydrogens is 270 g/mol. The number of hydrogen-bond acceptors (Lipinski definition) is 3. The van der Waals surface area contributed by atoms with E-state index >= 15 is 0 Å². The molecule has 0 aliphatic heterocycles. The van der Waals surface area contributed by atoms with Gasteiger partial charge in [0.05, 0.1) is 11.4 Å². The molecule has 1 N–H and O–H groups in total. The van der Waals surface area contributed by atoms with Gasteiger partial charge >= 0.3 is 0 Å². The highest BCUT2D eigenvalue weighted by Crippen LogP contribution is 2.21. The molecule has 0 bridgehead atoms. The number of aromatic nitrogens is 1. The van der Waals surface area contributed by atoms with Gasteiger partial charge in [-0.3, -0.25) is 0 Å².